The summed E-state index contributed by atoms with van der Waals surface area (Å²) in [6, 6.07) is 13.1. The third-order valence-corrected chi connectivity index (χ3v) is 3.86. The normalized spacial score (nSPS) is 12.5. The zero-order valence-electron chi connectivity index (χ0n) is 13.7. The maximum Gasteiger partial charge on any atom is 0.250 e. The van der Waals surface area contributed by atoms with Crippen LogP contribution >= 0.6 is 0 Å². The van der Waals surface area contributed by atoms with Crippen molar-refractivity contribution < 1.29 is 19.0 Å². The van der Waals surface area contributed by atoms with Crippen molar-refractivity contribution >= 4 is 12.0 Å². The minimum atomic E-state index is -0.151. The van der Waals surface area contributed by atoms with Crippen molar-refractivity contribution in [3.8, 4) is 17.2 Å². The molecule has 0 spiro atoms. The van der Waals surface area contributed by atoms with Gasteiger partial charge in [0.15, 0.2) is 0 Å². The first-order chi connectivity index (χ1) is 11.7. The zero-order valence-corrected chi connectivity index (χ0v) is 13.7. The minimum absolute atomic E-state index is 0.151. The number of fused-ring (bicyclic) bond motifs is 1. The standard InChI is InChI=1S/C19H19NO4/c1-22-16-8-7-14(18(10-16)23-2)11-20-19(21)15-9-13-5-3-4-6-17(13)24-12-15/h3-10H,11-12H2,1-2H3,(H,20,21). The SMILES string of the molecule is COc1ccc(CNC(=O)C2=Cc3ccccc3OC2)c(OC)c1. The molecule has 0 radical (unpaired) electrons. The number of nitrogens with one attached hydrogen (secondary N) is 1. The molecule has 0 atom stereocenters. The largest absolute Gasteiger partial charge is 0.497 e. The molecule has 1 N–H and O–H groups in total. The van der Waals surface area contributed by atoms with Crippen LogP contribution in [0.3, 0.4) is 0 Å². The summed E-state index contributed by atoms with van der Waals surface area (Å²) in [7, 11) is 3.19. The van der Waals surface area contributed by atoms with Gasteiger partial charge in [0.05, 0.1) is 19.8 Å². The maximum absolute atomic E-state index is 12.4. The number of para-hydroxylation sites is 1. The highest BCUT2D eigenvalue weighted by Crippen LogP contribution is 2.26. The van der Waals surface area contributed by atoms with Crippen LogP contribution in [-0.4, -0.2) is 26.7 Å². The number of methoxy groups -OCH3 is 2. The quantitative estimate of drug-likeness (QED) is 0.918. The van der Waals surface area contributed by atoms with Crippen LogP contribution in [0.2, 0.25) is 0 Å². The van der Waals surface area contributed by atoms with Gasteiger partial charge in [0, 0.05) is 23.7 Å². The van der Waals surface area contributed by atoms with Gasteiger partial charge in [-0.3, -0.25) is 4.79 Å². The van der Waals surface area contributed by atoms with E-state index in [2.05, 4.69) is 5.32 Å². The van der Waals surface area contributed by atoms with Gasteiger partial charge in [-0.25, -0.2) is 0 Å². The Morgan fingerprint density at radius 1 is 1.17 bits per heavy atom. The molecule has 2 aromatic rings. The van der Waals surface area contributed by atoms with Crippen LogP contribution in [0.5, 0.6) is 17.2 Å². The van der Waals surface area contributed by atoms with Gasteiger partial charge in [-0.2, -0.15) is 0 Å². The summed E-state index contributed by atoms with van der Waals surface area (Å²) in [5, 5.41) is 2.90. The van der Waals surface area contributed by atoms with Crippen molar-refractivity contribution in [3.05, 3.63) is 59.2 Å². The van der Waals surface area contributed by atoms with E-state index in [4.69, 9.17) is 14.2 Å². The van der Waals surface area contributed by atoms with Gasteiger partial charge in [0.25, 0.3) is 5.91 Å². The van der Waals surface area contributed by atoms with Gasteiger partial charge < -0.3 is 19.5 Å². The van der Waals surface area contributed by atoms with E-state index in [9.17, 15) is 4.79 Å². The van der Waals surface area contributed by atoms with Crippen molar-refractivity contribution in [2.24, 2.45) is 0 Å². The van der Waals surface area contributed by atoms with Gasteiger partial charge in [-0.05, 0) is 24.3 Å². The molecule has 1 aliphatic rings. The smallest absolute Gasteiger partial charge is 0.250 e. The molecule has 0 unspecified atom stereocenters. The third kappa shape index (κ3) is 3.35. The van der Waals surface area contributed by atoms with Crippen molar-refractivity contribution in [1.82, 2.24) is 5.32 Å². The molecule has 0 aromatic heterocycles. The van der Waals surface area contributed by atoms with Gasteiger partial charge >= 0.3 is 0 Å². The van der Waals surface area contributed by atoms with Crippen LogP contribution in [0.4, 0.5) is 0 Å². The highest BCUT2D eigenvalue weighted by molar-refractivity contribution is 5.99. The highest BCUT2D eigenvalue weighted by Gasteiger charge is 2.17. The molecular formula is C19H19NO4. The minimum Gasteiger partial charge on any atom is -0.497 e. The number of hydrogen-bond donors (Lipinski definition) is 1. The summed E-state index contributed by atoms with van der Waals surface area (Å²) in [6.07, 6.45) is 1.86. The summed E-state index contributed by atoms with van der Waals surface area (Å²) in [5.74, 6) is 2.03. The van der Waals surface area contributed by atoms with Crippen LogP contribution in [0.15, 0.2) is 48.0 Å². The zero-order chi connectivity index (χ0) is 16.9. The second-order valence-corrected chi connectivity index (χ2v) is 5.36. The number of ether oxygens (including phenoxy) is 3. The highest BCUT2D eigenvalue weighted by atomic mass is 16.5. The maximum atomic E-state index is 12.4. The summed E-state index contributed by atoms with van der Waals surface area (Å²) in [4.78, 5) is 12.4. The molecule has 1 aliphatic heterocycles. The average molecular weight is 325 g/mol. The predicted octanol–water partition coefficient (Wildman–Crippen LogP) is 2.80. The van der Waals surface area contributed by atoms with E-state index in [1.807, 2.05) is 42.5 Å². The Labute approximate surface area is 140 Å². The van der Waals surface area contributed by atoms with E-state index < -0.39 is 0 Å². The van der Waals surface area contributed by atoms with E-state index in [0.717, 1.165) is 16.9 Å². The Bertz CT molecular complexity index is 783. The molecule has 0 saturated carbocycles. The summed E-state index contributed by atoms with van der Waals surface area (Å²) in [6.45, 7) is 0.633. The Balaban J connectivity index is 1.69. The van der Waals surface area contributed by atoms with Crippen molar-refractivity contribution in [2.45, 2.75) is 6.54 Å². The molecule has 1 amide bonds. The number of rotatable bonds is 5. The molecule has 0 saturated heterocycles. The summed E-state index contributed by atoms with van der Waals surface area (Å²) < 4.78 is 16.1. The van der Waals surface area contributed by atoms with Crippen molar-refractivity contribution in [2.75, 3.05) is 20.8 Å². The monoisotopic (exact) mass is 325 g/mol. The van der Waals surface area contributed by atoms with Gasteiger partial charge in [-0.15, -0.1) is 0 Å². The Morgan fingerprint density at radius 3 is 2.79 bits per heavy atom. The summed E-state index contributed by atoms with van der Waals surface area (Å²) >= 11 is 0. The third-order valence-electron chi connectivity index (χ3n) is 3.86. The molecule has 24 heavy (non-hydrogen) atoms. The van der Waals surface area contributed by atoms with E-state index in [1.165, 1.54) is 0 Å². The van der Waals surface area contributed by atoms with Crippen LogP contribution in [-0.2, 0) is 11.3 Å². The topological polar surface area (TPSA) is 56.8 Å². The molecule has 5 heteroatoms. The van der Waals surface area contributed by atoms with E-state index in [0.29, 0.717) is 23.6 Å². The fourth-order valence-corrected chi connectivity index (χ4v) is 2.53. The molecule has 0 aliphatic carbocycles. The van der Waals surface area contributed by atoms with Gasteiger partial charge in [0.2, 0.25) is 0 Å². The van der Waals surface area contributed by atoms with Gasteiger partial charge in [0.1, 0.15) is 23.9 Å². The predicted molar refractivity (Wildman–Crippen MR) is 91.3 cm³/mol. The summed E-state index contributed by atoms with van der Waals surface area (Å²) in [5.41, 5.74) is 2.39. The molecule has 124 valence electrons. The Hall–Kier alpha value is -2.95. The van der Waals surface area contributed by atoms with Crippen LogP contribution in [0.1, 0.15) is 11.1 Å². The van der Waals surface area contributed by atoms with Crippen LogP contribution in [0.25, 0.3) is 6.08 Å². The first-order valence-electron chi connectivity index (χ1n) is 7.63. The first-order valence-corrected chi connectivity index (χ1v) is 7.63. The number of hydrogen-bond acceptors (Lipinski definition) is 4. The van der Waals surface area contributed by atoms with E-state index in [-0.39, 0.29) is 12.5 Å². The van der Waals surface area contributed by atoms with E-state index in [1.54, 1.807) is 20.3 Å². The van der Waals surface area contributed by atoms with Crippen molar-refractivity contribution in [1.29, 1.82) is 0 Å². The second-order valence-electron chi connectivity index (χ2n) is 5.36. The number of carbonyl (C=O) groups is 1. The molecule has 2 aromatic carbocycles. The fourth-order valence-electron chi connectivity index (χ4n) is 2.53. The molecule has 0 bridgehead atoms. The second kappa shape index (κ2) is 7.08. The van der Waals surface area contributed by atoms with Gasteiger partial charge in [-0.1, -0.05) is 18.2 Å². The molecule has 5 nitrogen and oxygen atoms in total. The molecule has 0 fully saturated rings. The lowest BCUT2D eigenvalue weighted by molar-refractivity contribution is -0.117. The molecule has 3 rings (SSSR count). The Morgan fingerprint density at radius 2 is 2.00 bits per heavy atom. The van der Waals surface area contributed by atoms with Crippen molar-refractivity contribution in [3.63, 3.8) is 0 Å². The molecular weight excluding hydrogens is 306 g/mol. The van der Waals surface area contributed by atoms with Crippen LogP contribution in [0, 0.1) is 0 Å². The number of carbonyl (C=O) groups excluding carboxylic acids is 1. The lowest BCUT2D eigenvalue weighted by Crippen LogP contribution is -2.28. The first kappa shape index (κ1) is 15.9. The Kier molecular flexibility index (Phi) is 4.70. The fraction of sp³-hybridized carbons (Fsp3) is 0.211. The number of benzene rings is 2. The average Bonchev–Trinajstić information content (AvgIpc) is 2.65. The van der Waals surface area contributed by atoms with E-state index >= 15 is 0 Å². The van der Waals surface area contributed by atoms with Crippen LogP contribution < -0.4 is 19.5 Å². The lowest BCUT2D eigenvalue weighted by Gasteiger charge is -2.18. The molecule has 1 heterocycles. The number of amides is 1. The lowest BCUT2D eigenvalue weighted by atomic mass is 10.1.